The lowest BCUT2D eigenvalue weighted by atomic mass is 10.2. The number of furan rings is 1. The summed E-state index contributed by atoms with van der Waals surface area (Å²) in [6.45, 7) is 0. The Hall–Kier alpha value is -3.60. The Balaban J connectivity index is 2.01. The first-order valence-corrected chi connectivity index (χ1v) is 8.15. The second kappa shape index (κ2) is 6.72. The monoisotopic (exact) mass is 344 g/mol. The number of hydrogen-bond donors (Lipinski definition) is 0. The third-order valence-corrected chi connectivity index (χ3v) is 4.07. The molecule has 0 N–H and O–H groups in total. The molecule has 0 fully saturated rings. The number of aromatic nitrogens is 2. The number of para-hydroxylation sites is 3. The SMILES string of the molecule is COc1ccccc1-n1c(C=Cc2ccco2)nc2ccccc2c1=O. The maximum Gasteiger partial charge on any atom is 0.266 e. The molecule has 5 heteroatoms. The molecular formula is C21H16N2O3. The first-order valence-electron chi connectivity index (χ1n) is 8.15. The lowest BCUT2D eigenvalue weighted by Crippen LogP contribution is -2.22. The van der Waals surface area contributed by atoms with Crippen LogP contribution in [0.5, 0.6) is 5.75 Å². The summed E-state index contributed by atoms with van der Waals surface area (Å²) < 4.78 is 12.3. The van der Waals surface area contributed by atoms with Crippen LogP contribution in [-0.2, 0) is 0 Å². The molecule has 0 bridgehead atoms. The van der Waals surface area contributed by atoms with Gasteiger partial charge in [0.2, 0.25) is 0 Å². The van der Waals surface area contributed by atoms with E-state index in [1.54, 1.807) is 42.2 Å². The van der Waals surface area contributed by atoms with Crippen LogP contribution in [0.3, 0.4) is 0 Å². The molecule has 0 unspecified atom stereocenters. The van der Waals surface area contributed by atoms with Crippen molar-refractivity contribution in [2.75, 3.05) is 7.11 Å². The van der Waals surface area contributed by atoms with Crippen LogP contribution in [0.4, 0.5) is 0 Å². The first-order chi connectivity index (χ1) is 12.8. The summed E-state index contributed by atoms with van der Waals surface area (Å²) in [6.07, 6.45) is 5.14. The molecule has 0 radical (unpaired) electrons. The maximum atomic E-state index is 13.2. The number of benzene rings is 2. The van der Waals surface area contributed by atoms with E-state index in [1.165, 1.54) is 0 Å². The quantitative estimate of drug-likeness (QED) is 0.558. The largest absolute Gasteiger partial charge is 0.495 e. The number of ether oxygens (including phenoxy) is 1. The molecule has 0 amide bonds. The maximum absolute atomic E-state index is 13.2. The van der Waals surface area contributed by atoms with Crippen LogP contribution in [-0.4, -0.2) is 16.7 Å². The zero-order valence-corrected chi connectivity index (χ0v) is 14.1. The molecule has 2 heterocycles. The van der Waals surface area contributed by atoms with Crippen molar-refractivity contribution in [2.24, 2.45) is 0 Å². The lowest BCUT2D eigenvalue weighted by Gasteiger charge is -2.14. The van der Waals surface area contributed by atoms with Gasteiger partial charge in [0, 0.05) is 0 Å². The minimum atomic E-state index is -0.154. The summed E-state index contributed by atoms with van der Waals surface area (Å²) in [7, 11) is 1.58. The summed E-state index contributed by atoms with van der Waals surface area (Å²) >= 11 is 0. The molecule has 0 atom stereocenters. The third kappa shape index (κ3) is 2.80. The van der Waals surface area contributed by atoms with Gasteiger partial charge < -0.3 is 9.15 Å². The van der Waals surface area contributed by atoms with Crippen LogP contribution in [0.2, 0.25) is 0 Å². The van der Waals surface area contributed by atoms with Crippen LogP contribution in [0.15, 0.2) is 76.1 Å². The highest BCUT2D eigenvalue weighted by Gasteiger charge is 2.14. The Bertz CT molecular complexity index is 1140. The molecule has 0 spiro atoms. The zero-order chi connectivity index (χ0) is 17.9. The van der Waals surface area contributed by atoms with Crippen LogP contribution in [0.25, 0.3) is 28.7 Å². The van der Waals surface area contributed by atoms with Crippen molar-refractivity contribution in [3.63, 3.8) is 0 Å². The predicted octanol–water partition coefficient (Wildman–Crippen LogP) is 4.16. The van der Waals surface area contributed by atoms with E-state index in [2.05, 4.69) is 4.98 Å². The third-order valence-electron chi connectivity index (χ3n) is 4.07. The molecular weight excluding hydrogens is 328 g/mol. The van der Waals surface area contributed by atoms with Gasteiger partial charge in [-0.1, -0.05) is 24.3 Å². The highest BCUT2D eigenvalue weighted by Crippen LogP contribution is 2.23. The van der Waals surface area contributed by atoms with E-state index in [0.29, 0.717) is 33.9 Å². The molecule has 0 aliphatic carbocycles. The summed E-state index contributed by atoms with van der Waals surface area (Å²) in [5, 5.41) is 0.550. The van der Waals surface area contributed by atoms with Gasteiger partial charge >= 0.3 is 0 Å². The van der Waals surface area contributed by atoms with Gasteiger partial charge in [-0.15, -0.1) is 0 Å². The Morgan fingerprint density at radius 2 is 1.81 bits per heavy atom. The average Bonchev–Trinajstić information content (AvgIpc) is 3.20. The highest BCUT2D eigenvalue weighted by molar-refractivity contribution is 5.80. The molecule has 0 aliphatic rings. The topological polar surface area (TPSA) is 57.3 Å². The minimum Gasteiger partial charge on any atom is -0.495 e. The summed E-state index contributed by atoms with van der Waals surface area (Å²) in [5.74, 6) is 1.77. The van der Waals surface area contributed by atoms with E-state index in [4.69, 9.17) is 9.15 Å². The van der Waals surface area contributed by atoms with E-state index >= 15 is 0 Å². The number of rotatable bonds is 4. The predicted molar refractivity (Wildman–Crippen MR) is 102 cm³/mol. The fourth-order valence-electron chi connectivity index (χ4n) is 2.85. The fraction of sp³-hybridized carbons (Fsp3) is 0.0476. The second-order valence-electron chi connectivity index (χ2n) is 5.65. The van der Waals surface area contributed by atoms with E-state index in [0.717, 1.165) is 0 Å². The Kier molecular flexibility index (Phi) is 4.11. The van der Waals surface area contributed by atoms with E-state index in [-0.39, 0.29) is 5.56 Å². The van der Waals surface area contributed by atoms with E-state index in [1.807, 2.05) is 48.5 Å². The standard InChI is InChI=1S/C21H16N2O3/c1-25-19-11-5-4-10-18(19)23-20(13-12-15-7-6-14-26-15)22-17-9-3-2-8-16(17)21(23)24/h2-14H,1H3. The molecule has 2 aromatic carbocycles. The highest BCUT2D eigenvalue weighted by atomic mass is 16.5. The Morgan fingerprint density at radius 1 is 1.00 bits per heavy atom. The van der Waals surface area contributed by atoms with Crippen molar-refractivity contribution in [3.8, 4) is 11.4 Å². The molecule has 128 valence electrons. The van der Waals surface area contributed by atoms with E-state index < -0.39 is 0 Å². The van der Waals surface area contributed by atoms with Crippen molar-refractivity contribution < 1.29 is 9.15 Å². The first kappa shape index (κ1) is 15.9. The van der Waals surface area contributed by atoms with E-state index in [9.17, 15) is 4.79 Å². The number of hydrogen-bond acceptors (Lipinski definition) is 4. The van der Waals surface area contributed by atoms with Crippen molar-refractivity contribution >= 4 is 23.1 Å². The van der Waals surface area contributed by atoms with Crippen molar-refractivity contribution in [1.82, 2.24) is 9.55 Å². The number of fused-ring (bicyclic) bond motifs is 1. The van der Waals surface area contributed by atoms with Gasteiger partial charge in [-0.25, -0.2) is 4.98 Å². The summed E-state index contributed by atoms with van der Waals surface area (Å²) in [6, 6.07) is 18.3. The van der Waals surface area contributed by atoms with Crippen LogP contribution in [0.1, 0.15) is 11.6 Å². The van der Waals surface area contributed by atoms with Gasteiger partial charge in [-0.3, -0.25) is 9.36 Å². The molecule has 4 aromatic rings. The normalized spacial score (nSPS) is 11.3. The summed E-state index contributed by atoms with van der Waals surface area (Å²) in [4.78, 5) is 17.9. The number of nitrogens with zero attached hydrogens (tertiary/aromatic N) is 2. The van der Waals surface area contributed by atoms with Gasteiger partial charge in [0.05, 0.1) is 30.0 Å². The Morgan fingerprint density at radius 3 is 2.62 bits per heavy atom. The molecule has 26 heavy (non-hydrogen) atoms. The molecule has 0 aliphatic heterocycles. The second-order valence-corrected chi connectivity index (χ2v) is 5.65. The Labute approximate surface area is 149 Å². The zero-order valence-electron chi connectivity index (χ0n) is 14.1. The molecule has 0 saturated carbocycles. The summed E-state index contributed by atoms with van der Waals surface area (Å²) in [5.41, 5.74) is 1.12. The van der Waals surface area contributed by atoms with Crippen molar-refractivity contribution in [2.45, 2.75) is 0 Å². The smallest absolute Gasteiger partial charge is 0.266 e. The molecule has 4 rings (SSSR count). The minimum absolute atomic E-state index is 0.154. The van der Waals surface area contributed by atoms with Gasteiger partial charge in [-0.2, -0.15) is 0 Å². The number of methoxy groups -OCH3 is 1. The van der Waals surface area contributed by atoms with Crippen molar-refractivity contribution in [3.05, 3.63) is 88.9 Å². The van der Waals surface area contributed by atoms with Crippen LogP contribution < -0.4 is 10.3 Å². The van der Waals surface area contributed by atoms with Gasteiger partial charge in [-0.05, 0) is 48.6 Å². The fourth-order valence-corrected chi connectivity index (χ4v) is 2.85. The van der Waals surface area contributed by atoms with Crippen LogP contribution in [0, 0.1) is 0 Å². The average molecular weight is 344 g/mol. The van der Waals surface area contributed by atoms with Crippen molar-refractivity contribution in [1.29, 1.82) is 0 Å². The van der Waals surface area contributed by atoms with Gasteiger partial charge in [0.15, 0.2) is 0 Å². The molecule has 5 nitrogen and oxygen atoms in total. The molecule has 0 saturated heterocycles. The van der Waals surface area contributed by atoms with Gasteiger partial charge in [0.25, 0.3) is 5.56 Å². The van der Waals surface area contributed by atoms with Crippen LogP contribution >= 0.6 is 0 Å². The molecule has 2 aromatic heterocycles. The lowest BCUT2D eigenvalue weighted by molar-refractivity contribution is 0.412. The van der Waals surface area contributed by atoms with Gasteiger partial charge in [0.1, 0.15) is 17.3 Å².